The van der Waals surface area contributed by atoms with Gasteiger partial charge in [-0.05, 0) is 25.0 Å². The number of carbonyl (C=O) groups is 1. The van der Waals surface area contributed by atoms with Crippen LogP contribution in [0, 0.1) is 5.95 Å². The highest BCUT2D eigenvalue weighted by atomic mass is 19.1. The predicted molar refractivity (Wildman–Crippen MR) is 66.7 cm³/mol. The molecule has 0 bridgehead atoms. The first kappa shape index (κ1) is 14.6. The van der Waals surface area contributed by atoms with Crippen molar-refractivity contribution in [2.75, 3.05) is 13.2 Å². The number of nitrogens with zero attached hydrogens (tertiary/aromatic N) is 2. The lowest BCUT2D eigenvalue weighted by Gasteiger charge is -2.30. The molecule has 0 radical (unpaired) electrons. The van der Waals surface area contributed by atoms with Gasteiger partial charge in [-0.3, -0.25) is 4.79 Å². The van der Waals surface area contributed by atoms with Crippen molar-refractivity contribution in [1.82, 2.24) is 9.88 Å². The van der Waals surface area contributed by atoms with Crippen molar-refractivity contribution in [2.45, 2.75) is 32.7 Å². The van der Waals surface area contributed by atoms with Crippen molar-refractivity contribution < 1.29 is 14.3 Å². The molecular weight excluding hydrogens is 235 g/mol. The fourth-order valence-electron chi connectivity index (χ4n) is 1.96. The highest BCUT2D eigenvalue weighted by Crippen LogP contribution is 2.13. The standard InChI is InChI=1S/C13H19FN2O2/c1-3-11(4-2)16(7-8-17)13(18)10-5-6-12(14)15-9-10/h5-6,9,11,17H,3-4,7-8H2,1-2H3. The van der Waals surface area contributed by atoms with Crippen molar-refractivity contribution in [3.05, 3.63) is 29.8 Å². The molecule has 4 nitrogen and oxygen atoms in total. The molecule has 100 valence electrons. The first-order valence-corrected chi connectivity index (χ1v) is 6.17. The van der Waals surface area contributed by atoms with E-state index in [9.17, 15) is 9.18 Å². The first-order valence-electron chi connectivity index (χ1n) is 6.17. The van der Waals surface area contributed by atoms with Crippen molar-refractivity contribution in [3.8, 4) is 0 Å². The number of halogens is 1. The Morgan fingerprint density at radius 1 is 1.44 bits per heavy atom. The molecule has 0 aliphatic rings. The number of rotatable bonds is 6. The number of hydrogen-bond acceptors (Lipinski definition) is 3. The second-order valence-corrected chi connectivity index (χ2v) is 4.06. The van der Waals surface area contributed by atoms with E-state index in [1.54, 1.807) is 4.90 Å². The van der Waals surface area contributed by atoms with Crippen LogP contribution in [0.1, 0.15) is 37.0 Å². The van der Waals surface area contributed by atoms with Crippen LogP contribution in [0.3, 0.4) is 0 Å². The summed E-state index contributed by atoms with van der Waals surface area (Å²) >= 11 is 0. The maximum absolute atomic E-state index is 12.7. The first-order chi connectivity index (χ1) is 8.63. The third kappa shape index (κ3) is 3.50. The van der Waals surface area contributed by atoms with Crippen LogP contribution in [0.2, 0.25) is 0 Å². The summed E-state index contributed by atoms with van der Waals surface area (Å²) in [5.74, 6) is -0.826. The molecule has 0 spiro atoms. The van der Waals surface area contributed by atoms with E-state index in [4.69, 9.17) is 5.11 Å². The second kappa shape index (κ2) is 7.06. The smallest absolute Gasteiger partial charge is 0.255 e. The SMILES string of the molecule is CCC(CC)N(CCO)C(=O)c1ccc(F)nc1. The minimum Gasteiger partial charge on any atom is -0.395 e. The lowest BCUT2D eigenvalue weighted by atomic mass is 10.1. The topological polar surface area (TPSA) is 53.4 Å². The number of carbonyl (C=O) groups excluding carboxylic acids is 1. The zero-order chi connectivity index (χ0) is 13.5. The van der Waals surface area contributed by atoms with E-state index < -0.39 is 5.95 Å². The molecule has 0 fully saturated rings. The second-order valence-electron chi connectivity index (χ2n) is 4.06. The van der Waals surface area contributed by atoms with Crippen LogP contribution in [0.5, 0.6) is 0 Å². The molecule has 0 unspecified atom stereocenters. The van der Waals surface area contributed by atoms with Crippen molar-refractivity contribution in [3.63, 3.8) is 0 Å². The third-order valence-corrected chi connectivity index (χ3v) is 2.96. The quantitative estimate of drug-likeness (QED) is 0.788. The summed E-state index contributed by atoms with van der Waals surface area (Å²) in [6, 6.07) is 2.66. The van der Waals surface area contributed by atoms with E-state index >= 15 is 0 Å². The van der Waals surface area contributed by atoms with Gasteiger partial charge < -0.3 is 10.0 Å². The minimum atomic E-state index is -0.609. The average molecular weight is 254 g/mol. The molecule has 5 heteroatoms. The van der Waals surface area contributed by atoms with Gasteiger partial charge in [-0.1, -0.05) is 13.8 Å². The van der Waals surface area contributed by atoms with Crippen LogP contribution in [0.25, 0.3) is 0 Å². The van der Waals surface area contributed by atoms with E-state index in [2.05, 4.69) is 4.98 Å². The van der Waals surface area contributed by atoms with E-state index in [0.29, 0.717) is 5.56 Å². The Balaban J connectivity index is 2.91. The molecule has 1 heterocycles. The predicted octanol–water partition coefficient (Wildman–Crippen LogP) is 1.84. The Kier molecular flexibility index (Phi) is 5.71. The van der Waals surface area contributed by atoms with Crippen LogP contribution in [0.4, 0.5) is 4.39 Å². The molecule has 1 aromatic heterocycles. The average Bonchev–Trinajstić information content (AvgIpc) is 2.39. The zero-order valence-corrected chi connectivity index (χ0v) is 10.8. The summed E-state index contributed by atoms with van der Waals surface area (Å²) in [5, 5.41) is 9.05. The summed E-state index contributed by atoms with van der Waals surface area (Å²) < 4.78 is 12.7. The number of aliphatic hydroxyl groups is 1. The highest BCUT2D eigenvalue weighted by molar-refractivity contribution is 5.94. The molecule has 1 rings (SSSR count). The maximum atomic E-state index is 12.7. The van der Waals surface area contributed by atoms with Crippen molar-refractivity contribution in [2.24, 2.45) is 0 Å². The van der Waals surface area contributed by atoms with Gasteiger partial charge in [0.25, 0.3) is 5.91 Å². The largest absolute Gasteiger partial charge is 0.395 e. The van der Waals surface area contributed by atoms with Crippen LogP contribution in [-0.2, 0) is 0 Å². The number of hydrogen-bond donors (Lipinski definition) is 1. The summed E-state index contributed by atoms with van der Waals surface area (Å²) in [4.78, 5) is 17.4. The van der Waals surface area contributed by atoms with Gasteiger partial charge in [-0.15, -0.1) is 0 Å². The fraction of sp³-hybridized carbons (Fsp3) is 0.538. The van der Waals surface area contributed by atoms with Crippen molar-refractivity contribution in [1.29, 1.82) is 0 Å². The van der Waals surface area contributed by atoms with E-state index in [1.807, 2.05) is 13.8 Å². The Morgan fingerprint density at radius 3 is 2.56 bits per heavy atom. The monoisotopic (exact) mass is 254 g/mol. The summed E-state index contributed by atoms with van der Waals surface area (Å²) in [6.45, 7) is 4.18. The van der Waals surface area contributed by atoms with Crippen LogP contribution in [0.15, 0.2) is 18.3 Å². The van der Waals surface area contributed by atoms with Crippen LogP contribution in [-0.4, -0.2) is 40.1 Å². The molecule has 1 aromatic rings. The molecule has 0 aliphatic carbocycles. The van der Waals surface area contributed by atoms with Gasteiger partial charge in [0.2, 0.25) is 5.95 Å². The number of aromatic nitrogens is 1. The third-order valence-electron chi connectivity index (χ3n) is 2.96. The molecule has 0 saturated heterocycles. The van der Waals surface area contributed by atoms with Gasteiger partial charge in [0.15, 0.2) is 0 Å². The van der Waals surface area contributed by atoms with Gasteiger partial charge in [0.1, 0.15) is 0 Å². The summed E-state index contributed by atoms with van der Waals surface area (Å²) in [7, 11) is 0. The van der Waals surface area contributed by atoms with Gasteiger partial charge >= 0.3 is 0 Å². The Labute approximate surface area is 106 Å². The Bertz CT molecular complexity index is 377. The molecular formula is C13H19FN2O2. The van der Waals surface area contributed by atoms with E-state index in [-0.39, 0.29) is 25.1 Å². The van der Waals surface area contributed by atoms with Gasteiger partial charge in [0.05, 0.1) is 12.2 Å². The summed E-state index contributed by atoms with van der Waals surface area (Å²) in [6.07, 6.45) is 2.86. The number of pyridine rings is 1. The van der Waals surface area contributed by atoms with E-state index in [0.717, 1.165) is 18.9 Å². The minimum absolute atomic E-state index is 0.0784. The molecule has 0 atom stereocenters. The molecule has 0 aromatic carbocycles. The van der Waals surface area contributed by atoms with Gasteiger partial charge in [-0.2, -0.15) is 4.39 Å². The molecule has 18 heavy (non-hydrogen) atoms. The number of aliphatic hydroxyl groups excluding tert-OH is 1. The van der Waals surface area contributed by atoms with Gasteiger partial charge in [0, 0.05) is 18.8 Å². The zero-order valence-electron chi connectivity index (χ0n) is 10.8. The van der Waals surface area contributed by atoms with Crippen molar-refractivity contribution >= 4 is 5.91 Å². The lowest BCUT2D eigenvalue weighted by molar-refractivity contribution is 0.0622. The highest BCUT2D eigenvalue weighted by Gasteiger charge is 2.22. The lowest BCUT2D eigenvalue weighted by Crippen LogP contribution is -2.41. The normalized spacial score (nSPS) is 10.7. The molecule has 0 aliphatic heterocycles. The Morgan fingerprint density at radius 2 is 2.11 bits per heavy atom. The summed E-state index contributed by atoms with van der Waals surface area (Å²) in [5.41, 5.74) is 0.344. The van der Waals surface area contributed by atoms with E-state index in [1.165, 1.54) is 12.3 Å². The molecule has 0 saturated carbocycles. The number of amides is 1. The fourth-order valence-corrected chi connectivity index (χ4v) is 1.96. The van der Waals surface area contributed by atoms with Crippen LogP contribution < -0.4 is 0 Å². The molecule has 1 amide bonds. The van der Waals surface area contributed by atoms with Crippen LogP contribution >= 0.6 is 0 Å². The molecule has 1 N–H and O–H groups in total. The Hall–Kier alpha value is -1.49. The maximum Gasteiger partial charge on any atom is 0.255 e. The van der Waals surface area contributed by atoms with Gasteiger partial charge in [-0.25, -0.2) is 4.98 Å².